The zero-order chi connectivity index (χ0) is 14.1. The number of benzene rings is 1. The summed E-state index contributed by atoms with van der Waals surface area (Å²) in [5.74, 6) is 2.36. The third kappa shape index (κ3) is 3.16. The maximum Gasteiger partial charge on any atom is 0.242 e. The second-order valence-electron chi connectivity index (χ2n) is 4.49. The molecule has 0 bridgehead atoms. The summed E-state index contributed by atoms with van der Waals surface area (Å²) in [5.41, 5.74) is 5.48. The Kier molecular flexibility index (Phi) is 3.96. The molecule has 0 aliphatic rings. The van der Waals surface area contributed by atoms with E-state index in [9.17, 15) is 8.42 Å². The summed E-state index contributed by atoms with van der Waals surface area (Å²) in [4.78, 5) is 0.0378. The molecule has 0 unspecified atom stereocenters. The molecule has 0 fully saturated rings. The van der Waals surface area contributed by atoms with Crippen molar-refractivity contribution < 1.29 is 8.42 Å². The van der Waals surface area contributed by atoms with Crippen LogP contribution in [0.25, 0.3) is 0 Å². The van der Waals surface area contributed by atoms with E-state index in [-0.39, 0.29) is 9.92 Å². The van der Waals surface area contributed by atoms with Gasteiger partial charge in [0.15, 0.2) is 0 Å². The van der Waals surface area contributed by atoms with Crippen molar-refractivity contribution in [2.24, 2.45) is 0 Å². The quantitative estimate of drug-likeness (QED) is 0.659. The summed E-state index contributed by atoms with van der Waals surface area (Å²) in [6.07, 6.45) is 5.26. The second kappa shape index (κ2) is 4.81. The summed E-state index contributed by atoms with van der Waals surface area (Å²) in [5, 5.41) is 0.261. The minimum atomic E-state index is -3.76. The topological polar surface area (TPSA) is 72.2 Å². The highest BCUT2D eigenvalue weighted by atomic mass is 35.5. The highest BCUT2D eigenvalue weighted by Crippen LogP contribution is 2.26. The fraction of sp³-hybridized carbons (Fsp3) is 0.333. The fourth-order valence-electron chi connectivity index (χ4n) is 1.37. The van der Waals surface area contributed by atoms with E-state index in [1.54, 1.807) is 20.8 Å². The summed E-state index contributed by atoms with van der Waals surface area (Å²) in [7, 11) is -3.76. The van der Waals surface area contributed by atoms with Crippen LogP contribution in [-0.4, -0.2) is 14.0 Å². The normalized spacial score (nSPS) is 12.2. The van der Waals surface area contributed by atoms with Crippen molar-refractivity contribution in [3.63, 3.8) is 0 Å². The molecular weight excluding hydrogens is 272 g/mol. The minimum absolute atomic E-state index is 0.0378. The SMILES string of the molecule is C#CC(C)(C)NS(=O)(=O)c1cc(Cl)cc(N)c1C. The lowest BCUT2D eigenvalue weighted by Gasteiger charge is -2.20. The van der Waals surface area contributed by atoms with Gasteiger partial charge in [0.25, 0.3) is 0 Å². The molecule has 0 spiro atoms. The van der Waals surface area contributed by atoms with E-state index in [4.69, 9.17) is 23.8 Å². The number of hydrogen-bond acceptors (Lipinski definition) is 3. The van der Waals surface area contributed by atoms with Crippen molar-refractivity contribution >= 4 is 27.3 Å². The molecule has 1 rings (SSSR count). The van der Waals surface area contributed by atoms with Crippen LogP contribution in [0.4, 0.5) is 5.69 Å². The molecule has 3 N–H and O–H groups in total. The zero-order valence-corrected chi connectivity index (χ0v) is 12.0. The first-order chi connectivity index (χ1) is 8.09. The monoisotopic (exact) mass is 286 g/mol. The van der Waals surface area contributed by atoms with Gasteiger partial charge in [-0.15, -0.1) is 6.42 Å². The molecule has 6 heteroatoms. The highest BCUT2D eigenvalue weighted by molar-refractivity contribution is 7.89. The van der Waals surface area contributed by atoms with Gasteiger partial charge in [0.1, 0.15) is 0 Å². The van der Waals surface area contributed by atoms with E-state index in [0.29, 0.717) is 11.3 Å². The van der Waals surface area contributed by atoms with Gasteiger partial charge in [-0.1, -0.05) is 17.5 Å². The lowest BCUT2D eigenvalue weighted by Crippen LogP contribution is -2.42. The molecule has 1 aromatic carbocycles. The van der Waals surface area contributed by atoms with Crippen LogP contribution in [0.5, 0.6) is 0 Å². The lowest BCUT2D eigenvalue weighted by atomic mass is 10.1. The van der Waals surface area contributed by atoms with E-state index in [1.165, 1.54) is 12.1 Å². The van der Waals surface area contributed by atoms with Crippen molar-refractivity contribution in [1.82, 2.24) is 4.72 Å². The van der Waals surface area contributed by atoms with Crippen molar-refractivity contribution in [1.29, 1.82) is 0 Å². The molecule has 1 aromatic rings. The smallest absolute Gasteiger partial charge is 0.242 e. The van der Waals surface area contributed by atoms with E-state index >= 15 is 0 Å². The van der Waals surface area contributed by atoms with Crippen LogP contribution >= 0.6 is 11.6 Å². The predicted octanol–water partition coefficient (Wildman–Crippen LogP) is 1.92. The number of hydrogen-bond donors (Lipinski definition) is 2. The maximum absolute atomic E-state index is 12.2. The third-order valence-electron chi connectivity index (χ3n) is 2.40. The number of nitrogen functional groups attached to an aromatic ring is 1. The van der Waals surface area contributed by atoms with Crippen LogP contribution in [0.1, 0.15) is 19.4 Å². The Morgan fingerprint density at radius 3 is 2.50 bits per heavy atom. The summed E-state index contributed by atoms with van der Waals surface area (Å²) < 4.78 is 26.8. The summed E-state index contributed by atoms with van der Waals surface area (Å²) in [6.45, 7) is 4.80. The maximum atomic E-state index is 12.2. The largest absolute Gasteiger partial charge is 0.398 e. The van der Waals surface area contributed by atoms with Crippen LogP contribution in [-0.2, 0) is 10.0 Å². The summed E-state index contributed by atoms with van der Waals surface area (Å²) >= 11 is 5.82. The average molecular weight is 287 g/mol. The van der Waals surface area contributed by atoms with E-state index in [2.05, 4.69) is 10.6 Å². The molecule has 4 nitrogen and oxygen atoms in total. The van der Waals surface area contributed by atoms with Gasteiger partial charge < -0.3 is 5.73 Å². The molecular formula is C12H15ClN2O2S. The van der Waals surface area contributed by atoms with Crippen molar-refractivity contribution in [2.45, 2.75) is 31.2 Å². The van der Waals surface area contributed by atoms with Gasteiger partial charge in [-0.25, -0.2) is 8.42 Å². The number of sulfonamides is 1. The molecule has 0 atom stereocenters. The molecule has 0 heterocycles. The van der Waals surface area contributed by atoms with Gasteiger partial charge in [0, 0.05) is 10.7 Å². The molecule has 18 heavy (non-hydrogen) atoms. The van der Waals surface area contributed by atoms with Gasteiger partial charge in [-0.2, -0.15) is 4.72 Å². The number of anilines is 1. The first-order valence-electron chi connectivity index (χ1n) is 5.16. The molecule has 0 saturated heterocycles. The van der Waals surface area contributed by atoms with Crippen molar-refractivity contribution in [3.05, 3.63) is 22.7 Å². The van der Waals surface area contributed by atoms with Crippen molar-refractivity contribution in [3.8, 4) is 12.3 Å². The molecule has 0 amide bonds. The van der Waals surface area contributed by atoms with E-state index in [1.807, 2.05) is 0 Å². The number of nitrogens with two attached hydrogens (primary N) is 1. The Morgan fingerprint density at radius 1 is 1.44 bits per heavy atom. The first kappa shape index (κ1) is 14.8. The number of halogens is 1. The van der Waals surface area contributed by atoms with Gasteiger partial charge in [-0.05, 0) is 38.5 Å². The van der Waals surface area contributed by atoms with Gasteiger partial charge in [-0.3, -0.25) is 0 Å². The van der Waals surface area contributed by atoms with Gasteiger partial charge >= 0.3 is 0 Å². The number of nitrogens with one attached hydrogen (secondary N) is 1. The zero-order valence-electron chi connectivity index (χ0n) is 10.4. The van der Waals surface area contributed by atoms with Crippen LogP contribution in [0.3, 0.4) is 0 Å². The minimum Gasteiger partial charge on any atom is -0.398 e. The molecule has 0 aliphatic carbocycles. The van der Waals surface area contributed by atoms with Gasteiger partial charge in [0.2, 0.25) is 10.0 Å². The standard InChI is InChI=1S/C12H15ClN2O2S/c1-5-12(3,4)15-18(16,17)11-7-9(13)6-10(14)8(11)2/h1,6-7,15H,14H2,2-4H3. The predicted molar refractivity (Wildman–Crippen MR) is 73.8 cm³/mol. The van der Waals surface area contributed by atoms with Crippen molar-refractivity contribution in [2.75, 3.05) is 5.73 Å². The van der Waals surface area contributed by atoms with Crippen LogP contribution in [0.2, 0.25) is 5.02 Å². The van der Waals surface area contributed by atoms with E-state index in [0.717, 1.165) is 0 Å². The van der Waals surface area contributed by atoms with Crippen LogP contribution in [0, 0.1) is 19.3 Å². The van der Waals surface area contributed by atoms with Crippen LogP contribution < -0.4 is 10.5 Å². The molecule has 98 valence electrons. The van der Waals surface area contributed by atoms with Crippen LogP contribution in [0.15, 0.2) is 17.0 Å². The molecule has 0 radical (unpaired) electrons. The number of terminal acetylenes is 1. The number of rotatable bonds is 3. The Balaban J connectivity index is 3.35. The lowest BCUT2D eigenvalue weighted by molar-refractivity contribution is 0.538. The third-order valence-corrected chi connectivity index (χ3v) is 4.41. The summed E-state index contributed by atoms with van der Waals surface area (Å²) in [6, 6.07) is 2.85. The molecule has 0 aliphatic heterocycles. The average Bonchev–Trinajstić information content (AvgIpc) is 2.21. The fourth-order valence-corrected chi connectivity index (χ4v) is 3.31. The Hall–Kier alpha value is -1.22. The molecule has 0 aromatic heterocycles. The Morgan fingerprint density at radius 2 is 2.00 bits per heavy atom. The highest BCUT2D eigenvalue weighted by Gasteiger charge is 2.26. The molecule has 0 saturated carbocycles. The first-order valence-corrected chi connectivity index (χ1v) is 7.02. The Bertz CT molecular complexity index is 616. The Labute approximate surface area is 113 Å². The van der Waals surface area contributed by atoms with E-state index < -0.39 is 15.6 Å². The van der Waals surface area contributed by atoms with Gasteiger partial charge in [0.05, 0.1) is 10.4 Å². The second-order valence-corrected chi connectivity index (χ2v) is 6.58.